The first-order valence-electron chi connectivity index (χ1n) is 10.9. The van der Waals surface area contributed by atoms with E-state index in [0.717, 1.165) is 5.56 Å². The van der Waals surface area contributed by atoms with Crippen LogP contribution in [0.4, 0.5) is 10.5 Å². The molecule has 0 spiro atoms. The van der Waals surface area contributed by atoms with Gasteiger partial charge in [-0.3, -0.25) is 19.2 Å². The van der Waals surface area contributed by atoms with Crippen molar-refractivity contribution in [3.8, 4) is 0 Å². The van der Waals surface area contributed by atoms with Crippen LogP contribution in [-0.2, 0) is 30.5 Å². The van der Waals surface area contributed by atoms with Crippen molar-refractivity contribution in [3.05, 3.63) is 29.8 Å². The summed E-state index contributed by atoms with van der Waals surface area (Å²) >= 11 is 0. The molecule has 1 rings (SSSR count). The summed E-state index contributed by atoms with van der Waals surface area (Å²) in [7, 11) is 0. The molecule has 0 saturated carbocycles. The Labute approximate surface area is 194 Å². The van der Waals surface area contributed by atoms with Crippen molar-refractivity contribution in [1.29, 1.82) is 0 Å². The molecule has 0 unspecified atom stereocenters. The number of rotatable bonds is 13. The molecule has 0 aliphatic rings. The Morgan fingerprint density at radius 1 is 1.03 bits per heavy atom. The Kier molecular flexibility index (Phi) is 11.6. The van der Waals surface area contributed by atoms with Crippen molar-refractivity contribution >= 4 is 35.3 Å². The first kappa shape index (κ1) is 27.6. The number of anilines is 1. The molecule has 0 radical (unpaired) electrons. The summed E-state index contributed by atoms with van der Waals surface area (Å²) in [4.78, 5) is 59.1. The molecule has 1 aromatic carbocycles. The number of nitrogens with two attached hydrogens (primary N) is 1. The van der Waals surface area contributed by atoms with Gasteiger partial charge < -0.3 is 26.4 Å². The molecular weight excluding hydrogens is 428 g/mol. The number of urea groups is 1. The zero-order valence-electron chi connectivity index (χ0n) is 19.6. The molecule has 0 bridgehead atoms. The van der Waals surface area contributed by atoms with Gasteiger partial charge in [0.15, 0.2) is 5.78 Å². The lowest BCUT2D eigenvalue weighted by atomic mass is 9.89. The highest BCUT2D eigenvalue weighted by Crippen LogP contribution is 2.19. The predicted molar refractivity (Wildman–Crippen MR) is 123 cm³/mol. The van der Waals surface area contributed by atoms with Crippen molar-refractivity contribution in [2.45, 2.75) is 59.6 Å². The van der Waals surface area contributed by atoms with Gasteiger partial charge in [-0.2, -0.15) is 0 Å². The third-order valence-electron chi connectivity index (χ3n) is 4.88. The molecule has 1 aromatic rings. The van der Waals surface area contributed by atoms with Gasteiger partial charge in [-0.05, 0) is 36.5 Å². The van der Waals surface area contributed by atoms with Crippen LogP contribution >= 0.6 is 0 Å². The minimum absolute atomic E-state index is 0.0595. The second-order valence-electron chi connectivity index (χ2n) is 8.19. The number of nitrogens with one attached hydrogen (secondary N) is 3. The highest BCUT2D eigenvalue weighted by atomic mass is 16.5. The van der Waals surface area contributed by atoms with E-state index in [-0.39, 0.29) is 49.1 Å². The third-order valence-corrected chi connectivity index (χ3v) is 4.88. The fraction of sp³-hybridized carbons (Fsp3) is 0.522. The fourth-order valence-corrected chi connectivity index (χ4v) is 3.21. The smallest absolute Gasteiger partial charge is 0.312 e. The molecule has 0 aromatic heterocycles. The van der Waals surface area contributed by atoms with Crippen molar-refractivity contribution in [2.24, 2.45) is 17.6 Å². The summed E-state index contributed by atoms with van der Waals surface area (Å²) in [6, 6.07) is 5.45. The molecule has 10 heteroatoms. The van der Waals surface area contributed by atoms with E-state index < -0.39 is 18.0 Å². The summed E-state index contributed by atoms with van der Waals surface area (Å²) in [6.45, 7) is 6.71. The lowest BCUT2D eigenvalue weighted by molar-refractivity contribution is -0.142. The number of carbonyl (C=O) groups is 5. The monoisotopic (exact) mass is 462 g/mol. The third kappa shape index (κ3) is 11.1. The van der Waals surface area contributed by atoms with Crippen LogP contribution in [0.2, 0.25) is 0 Å². The summed E-state index contributed by atoms with van der Waals surface area (Å²) in [5.74, 6) is -2.08. The molecule has 182 valence electrons. The Morgan fingerprint density at radius 3 is 2.18 bits per heavy atom. The first-order chi connectivity index (χ1) is 15.5. The maximum absolute atomic E-state index is 13.0. The van der Waals surface area contributed by atoms with Gasteiger partial charge in [-0.25, -0.2) is 4.79 Å². The van der Waals surface area contributed by atoms with E-state index in [2.05, 4.69) is 16.0 Å². The molecule has 0 aliphatic carbocycles. The van der Waals surface area contributed by atoms with Gasteiger partial charge in [-0.15, -0.1) is 0 Å². The largest absolute Gasteiger partial charge is 0.461 e. The number of carbonyl (C=O) groups excluding carboxylic acids is 5. The average Bonchev–Trinajstić information content (AvgIpc) is 2.72. The molecule has 5 N–H and O–H groups in total. The number of esters is 1. The predicted octanol–water partition coefficient (Wildman–Crippen LogP) is 1.87. The topological polar surface area (TPSA) is 157 Å². The van der Waals surface area contributed by atoms with E-state index in [1.165, 1.54) is 13.8 Å². The molecule has 0 heterocycles. The van der Waals surface area contributed by atoms with Gasteiger partial charge in [0.2, 0.25) is 11.8 Å². The molecular formula is C23H34N4O6. The van der Waals surface area contributed by atoms with E-state index in [0.29, 0.717) is 18.5 Å². The fourth-order valence-electron chi connectivity index (χ4n) is 3.21. The quantitative estimate of drug-likeness (QED) is 0.259. The molecule has 33 heavy (non-hydrogen) atoms. The van der Waals surface area contributed by atoms with Crippen molar-refractivity contribution in [3.63, 3.8) is 0 Å². The van der Waals surface area contributed by atoms with E-state index >= 15 is 0 Å². The highest BCUT2D eigenvalue weighted by molar-refractivity contribution is 5.97. The lowest BCUT2D eigenvalue weighted by Crippen LogP contribution is -2.44. The molecule has 0 aliphatic heterocycles. The number of Topliss-reactive ketones (excluding diaryl/α,β-unsaturated/α-hetero) is 1. The number of ether oxygens (including phenoxy) is 1. The lowest BCUT2D eigenvalue weighted by Gasteiger charge is -2.23. The van der Waals surface area contributed by atoms with Gasteiger partial charge in [-0.1, -0.05) is 26.0 Å². The van der Waals surface area contributed by atoms with Crippen molar-refractivity contribution in [1.82, 2.24) is 10.6 Å². The van der Waals surface area contributed by atoms with Crippen LogP contribution in [0.25, 0.3) is 0 Å². The van der Waals surface area contributed by atoms with Crippen LogP contribution in [0.15, 0.2) is 24.3 Å². The van der Waals surface area contributed by atoms with Crippen LogP contribution < -0.4 is 21.7 Å². The number of ketones is 1. The Morgan fingerprint density at radius 2 is 1.67 bits per heavy atom. The van der Waals surface area contributed by atoms with Gasteiger partial charge >= 0.3 is 12.0 Å². The van der Waals surface area contributed by atoms with Crippen LogP contribution in [-0.4, -0.2) is 42.2 Å². The zero-order valence-corrected chi connectivity index (χ0v) is 19.6. The van der Waals surface area contributed by atoms with E-state index in [9.17, 15) is 24.0 Å². The summed E-state index contributed by atoms with van der Waals surface area (Å²) in [6.07, 6.45) is 0.728. The normalized spacial score (nSPS) is 12.4. The van der Waals surface area contributed by atoms with E-state index in [1.807, 2.05) is 13.8 Å². The second kappa shape index (κ2) is 13.9. The van der Waals surface area contributed by atoms with Gasteiger partial charge in [0, 0.05) is 38.4 Å². The molecule has 2 atom stereocenters. The SMILES string of the molecule is CC(=O)N[C@H](C(=O)C[C@@H](CCCNC(N)=O)C(=O)Nc1ccc(COC(C)=O)cc1)C(C)C. The minimum atomic E-state index is -0.692. The Balaban J connectivity index is 2.87. The minimum Gasteiger partial charge on any atom is -0.461 e. The number of benzene rings is 1. The second-order valence-corrected chi connectivity index (χ2v) is 8.19. The van der Waals surface area contributed by atoms with Crippen molar-refractivity contribution < 1.29 is 28.7 Å². The molecule has 0 fully saturated rings. The summed E-state index contributed by atoms with van der Waals surface area (Å²) in [5, 5.41) is 7.92. The van der Waals surface area contributed by atoms with Gasteiger partial charge in [0.05, 0.1) is 6.04 Å². The van der Waals surface area contributed by atoms with Crippen molar-refractivity contribution in [2.75, 3.05) is 11.9 Å². The zero-order chi connectivity index (χ0) is 25.0. The van der Waals surface area contributed by atoms with Crippen LogP contribution in [0, 0.1) is 11.8 Å². The Hall–Kier alpha value is -3.43. The maximum Gasteiger partial charge on any atom is 0.312 e. The molecule has 4 amide bonds. The summed E-state index contributed by atoms with van der Waals surface area (Å²) in [5.41, 5.74) is 6.37. The number of amides is 4. The van der Waals surface area contributed by atoms with Crippen LogP contribution in [0.1, 0.15) is 52.5 Å². The average molecular weight is 463 g/mol. The summed E-state index contributed by atoms with van der Waals surface area (Å²) < 4.78 is 4.94. The highest BCUT2D eigenvalue weighted by Gasteiger charge is 2.28. The molecule has 0 saturated heterocycles. The van der Waals surface area contributed by atoms with Crippen LogP contribution in [0.5, 0.6) is 0 Å². The van der Waals surface area contributed by atoms with Gasteiger partial charge in [0.1, 0.15) is 6.61 Å². The van der Waals surface area contributed by atoms with Gasteiger partial charge in [0.25, 0.3) is 0 Å². The first-order valence-corrected chi connectivity index (χ1v) is 10.9. The number of hydrogen-bond acceptors (Lipinski definition) is 6. The molecule has 10 nitrogen and oxygen atoms in total. The number of primary amides is 1. The standard InChI is InChI=1S/C23H34N4O6/c1-14(2)21(26-15(3)28)20(30)12-18(6-5-11-25-23(24)32)22(31)27-19-9-7-17(8-10-19)13-33-16(4)29/h7-10,14,18,21H,5-6,11-13H2,1-4H3,(H,26,28)(H,27,31)(H3,24,25,32)/t18-,21+/m1/s1. The maximum atomic E-state index is 13.0. The van der Waals surface area contributed by atoms with E-state index in [4.69, 9.17) is 10.5 Å². The number of hydrogen-bond donors (Lipinski definition) is 4. The van der Waals surface area contributed by atoms with Crippen LogP contribution in [0.3, 0.4) is 0 Å². The van der Waals surface area contributed by atoms with E-state index in [1.54, 1.807) is 24.3 Å². The Bertz CT molecular complexity index is 838.